The number of hydrogen-bond acceptors (Lipinski definition) is 8. The SMILES string of the molecule is COc1cc(N)c(C=[NH2+])cc1Nc1ncnc2sc3c(c12)CC[C@H](C(=O)N1CC(N2CCCCC2)C1)C3. The van der Waals surface area contributed by atoms with Crippen LogP contribution in [0, 0.1) is 5.92 Å². The standard InChI is InChI=1S/C27H33N7O2S/c1-36-22-11-20(29)17(12-28)9-21(22)32-25-24-19-6-5-16(10-23(19)37-26(24)31-15-30-25)27(35)34-13-18(14-34)33-7-3-2-4-8-33/h9,11-12,15-16,18,28H,2-8,10,13-14,29H2,1H3,(H,30,31,32)/p+1/t16-/m0/s1. The number of carbonyl (C=O) groups is 1. The number of rotatable bonds is 6. The molecule has 9 nitrogen and oxygen atoms in total. The number of nitrogens with two attached hydrogens (primary N) is 2. The van der Waals surface area contributed by atoms with Gasteiger partial charge in [-0.1, -0.05) is 6.42 Å². The van der Waals surface area contributed by atoms with Crippen LogP contribution >= 0.6 is 11.3 Å². The van der Waals surface area contributed by atoms with Crippen molar-refractivity contribution < 1.29 is 14.9 Å². The number of methoxy groups -OCH3 is 1. The number of nitrogen functional groups attached to an aromatic ring is 1. The number of nitrogens with zero attached hydrogens (tertiary/aromatic N) is 4. The fourth-order valence-corrected chi connectivity index (χ4v) is 7.24. The molecule has 1 aromatic carbocycles. The molecule has 4 heterocycles. The van der Waals surface area contributed by atoms with E-state index in [-0.39, 0.29) is 5.92 Å². The maximum Gasteiger partial charge on any atom is 0.226 e. The van der Waals surface area contributed by atoms with E-state index in [9.17, 15) is 4.79 Å². The fraction of sp³-hybridized carbons (Fsp3) is 0.481. The minimum atomic E-state index is 0.0482. The molecule has 0 radical (unpaired) electrons. The average molecular weight is 521 g/mol. The topological polar surface area (TPSA) is 122 Å². The van der Waals surface area contributed by atoms with Gasteiger partial charge >= 0.3 is 0 Å². The molecule has 0 spiro atoms. The minimum absolute atomic E-state index is 0.0482. The van der Waals surface area contributed by atoms with Crippen LogP contribution < -0.4 is 21.2 Å². The van der Waals surface area contributed by atoms with Gasteiger partial charge in [-0.3, -0.25) is 15.1 Å². The lowest BCUT2D eigenvalue weighted by molar-refractivity contribution is -0.143. The summed E-state index contributed by atoms with van der Waals surface area (Å²) in [5.41, 5.74) is 9.33. The number of hydrogen-bond donors (Lipinski definition) is 3. The van der Waals surface area contributed by atoms with E-state index in [1.54, 1.807) is 30.8 Å². The van der Waals surface area contributed by atoms with Crippen molar-refractivity contribution in [2.75, 3.05) is 44.3 Å². The number of piperidine rings is 1. The number of fused-ring (bicyclic) bond motifs is 3. The Morgan fingerprint density at radius 1 is 1.24 bits per heavy atom. The zero-order valence-corrected chi connectivity index (χ0v) is 22.0. The normalized spacial score (nSPS) is 20.4. The zero-order valence-electron chi connectivity index (χ0n) is 21.2. The molecule has 10 heteroatoms. The first-order chi connectivity index (χ1) is 18.1. The van der Waals surface area contributed by atoms with Gasteiger partial charge in [-0.2, -0.15) is 0 Å². The van der Waals surface area contributed by atoms with Gasteiger partial charge in [0.25, 0.3) is 0 Å². The van der Waals surface area contributed by atoms with Crippen molar-refractivity contribution in [2.45, 2.75) is 44.6 Å². The number of amides is 1. The van der Waals surface area contributed by atoms with Crippen LogP contribution in [0.1, 0.15) is 41.7 Å². The van der Waals surface area contributed by atoms with Crippen molar-refractivity contribution in [1.82, 2.24) is 19.8 Å². The van der Waals surface area contributed by atoms with Crippen LogP contribution in [-0.4, -0.2) is 71.2 Å². The van der Waals surface area contributed by atoms with Crippen molar-refractivity contribution in [1.29, 1.82) is 0 Å². The van der Waals surface area contributed by atoms with Gasteiger partial charge in [-0.15, -0.1) is 11.3 Å². The van der Waals surface area contributed by atoms with Crippen molar-refractivity contribution in [3.8, 4) is 5.75 Å². The summed E-state index contributed by atoms with van der Waals surface area (Å²) in [7, 11) is 1.61. The first-order valence-electron chi connectivity index (χ1n) is 13.1. The van der Waals surface area contributed by atoms with Crippen LogP contribution in [0.4, 0.5) is 17.2 Å². The summed E-state index contributed by atoms with van der Waals surface area (Å²) in [6, 6.07) is 4.17. The number of anilines is 3. The van der Waals surface area contributed by atoms with E-state index in [0.29, 0.717) is 23.4 Å². The molecular weight excluding hydrogens is 486 g/mol. The highest BCUT2D eigenvalue weighted by Gasteiger charge is 2.39. The molecule has 1 amide bonds. The number of nitrogens with one attached hydrogen (secondary N) is 1. The number of aryl methyl sites for hydroxylation is 1. The van der Waals surface area contributed by atoms with E-state index in [4.69, 9.17) is 15.9 Å². The lowest BCUT2D eigenvalue weighted by Crippen LogP contribution is -2.63. The van der Waals surface area contributed by atoms with Crippen molar-refractivity contribution in [2.24, 2.45) is 5.92 Å². The molecule has 6 rings (SSSR count). The molecule has 2 aliphatic heterocycles. The highest BCUT2D eigenvalue weighted by atomic mass is 32.1. The summed E-state index contributed by atoms with van der Waals surface area (Å²) in [6.07, 6.45) is 9.46. The summed E-state index contributed by atoms with van der Waals surface area (Å²) in [6.45, 7) is 4.15. The largest absolute Gasteiger partial charge is 0.494 e. The molecule has 0 unspecified atom stereocenters. The summed E-state index contributed by atoms with van der Waals surface area (Å²) in [5.74, 6) is 1.71. The Labute approximate surface area is 220 Å². The number of carbonyl (C=O) groups excluding carboxylic acids is 1. The Bertz CT molecular complexity index is 1340. The maximum absolute atomic E-state index is 13.3. The van der Waals surface area contributed by atoms with Gasteiger partial charge in [0, 0.05) is 41.7 Å². The predicted octanol–water partition coefficient (Wildman–Crippen LogP) is 2.01. The number of benzene rings is 1. The second-order valence-corrected chi connectivity index (χ2v) is 11.4. The molecule has 5 N–H and O–H groups in total. The van der Waals surface area contributed by atoms with Crippen LogP contribution in [0.25, 0.3) is 10.2 Å². The van der Waals surface area contributed by atoms with Gasteiger partial charge in [0.1, 0.15) is 22.7 Å². The van der Waals surface area contributed by atoms with Crippen LogP contribution in [0.3, 0.4) is 0 Å². The third kappa shape index (κ3) is 4.42. The zero-order chi connectivity index (χ0) is 25.5. The Morgan fingerprint density at radius 2 is 2.05 bits per heavy atom. The lowest BCUT2D eigenvalue weighted by Gasteiger charge is -2.47. The highest BCUT2D eigenvalue weighted by Crippen LogP contribution is 2.42. The van der Waals surface area contributed by atoms with Gasteiger partial charge in [0.05, 0.1) is 23.7 Å². The minimum Gasteiger partial charge on any atom is -0.494 e. The molecule has 1 aliphatic carbocycles. The van der Waals surface area contributed by atoms with Gasteiger partial charge in [-0.25, -0.2) is 9.97 Å². The van der Waals surface area contributed by atoms with Gasteiger partial charge in [0.15, 0.2) is 6.21 Å². The molecule has 0 bridgehead atoms. The first-order valence-corrected chi connectivity index (χ1v) is 13.9. The second-order valence-electron chi connectivity index (χ2n) is 10.3. The maximum atomic E-state index is 13.3. The Hall–Kier alpha value is -3.24. The summed E-state index contributed by atoms with van der Waals surface area (Å²) in [4.78, 5) is 29.3. The summed E-state index contributed by atoms with van der Waals surface area (Å²) in [5, 5.41) is 10.2. The van der Waals surface area contributed by atoms with Crippen LogP contribution in [0.15, 0.2) is 18.5 Å². The molecule has 3 aromatic rings. The number of likely N-dealkylation sites (tertiary alicyclic amines) is 2. The van der Waals surface area contributed by atoms with Gasteiger partial charge in [0.2, 0.25) is 5.91 Å². The van der Waals surface area contributed by atoms with Crippen LogP contribution in [-0.2, 0) is 17.6 Å². The Kier molecular flexibility index (Phi) is 6.46. The van der Waals surface area contributed by atoms with Crippen molar-refractivity contribution in [3.63, 3.8) is 0 Å². The molecule has 1 atom stereocenters. The fourth-order valence-electron chi connectivity index (χ4n) is 5.97. The molecule has 3 aliphatic rings. The van der Waals surface area contributed by atoms with Crippen molar-refractivity contribution in [3.05, 3.63) is 34.5 Å². The molecule has 2 aromatic heterocycles. The molecule has 194 valence electrons. The number of thiophene rings is 1. The highest BCUT2D eigenvalue weighted by molar-refractivity contribution is 7.19. The third-order valence-corrected chi connectivity index (χ3v) is 9.28. The summed E-state index contributed by atoms with van der Waals surface area (Å²) >= 11 is 1.68. The predicted molar refractivity (Wildman–Crippen MR) is 147 cm³/mol. The number of ether oxygens (including phenoxy) is 1. The molecule has 2 saturated heterocycles. The molecule has 2 fully saturated rings. The molecule has 0 saturated carbocycles. The van der Waals surface area contributed by atoms with E-state index >= 15 is 0 Å². The van der Waals surface area contributed by atoms with Gasteiger partial charge in [-0.05, 0) is 56.8 Å². The Balaban J connectivity index is 1.20. The smallest absolute Gasteiger partial charge is 0.226 e. The molecule has 37 heavy (non-hydrogen) atoms. The van der Waals surface area contributed by atoms with E-state index in [0.717, 1.165) is 59.6 Å². The monoisotopic (exact) mass is 520 g/mol. The van der Waals surface area contributed by atoms with E-state index in [2.05, 4.69) is 25.1 Å². The van der Waals surface area contributed by atoms with Crippen LogP contribution in [0.2, 0.25) is 0 Å². The van der Waals surface area contributed by atoms with E-state index < -0.39 is 0 Å². The first kappa shape index (κ1) is 24.1. The lowest BCUT2D eigenvalue weighted by atomic mass is 9.86. The summed E-state index contributed by atoms with van der Waals surface area (Å²) < 4.78 is 5.55. The second kappa shape index (κ2) is 9.90. The van der Waals surface area contributed by atoms with Gasteiger partial charge < -0.3 is 20.7 Å². The van der Waals surface area contributed by atoms with Crippen molar-refractivity contribution >= 4 is 50.9 Å². The Morgan fingerprint density at radius 3 is 2.81 bits per heavy atom. The number of aromatic nitrogens is 2. The van der Waals surface area contributed by atoms with E-state index in [1.807, 2.05) is 6.07 Å². The third-order valence-electron chi connectivity index (χ3n) is 8.11. The average Bonchev–Trinajstić information content (AvgIpc) is 3.28. The van der Waals surface area contributed by atoms with E-state index in [1.165, 1.54) is 49.0 Å². The quantitative estimate of drug-likeness (QED) is 0.336. The molecular formula is C27H34N7O2S+. The van der Waals surface area contributed by atoms with Crippen LogP contribution in [0.5, 0.6) is 5.75 Å².